The largest absolute Gasteiger partial charge is 2.00 e. The summed E-state index contributed by atoms with van der Waals surface area (Å²) in [5.41, 5.74) is 11.9. The number of fused-ring (bicyclic) bond motifs is 11. The van der Waals surface area contributed by atoms with Gasteiger partial charge in [0.25, 0.3) is 0 Å². The van der Waals surface area contributed by atoms with Crippen LogP contribution in [0.25, 0.3) is 39.2 Å². The van der Waals surface area contributed by atoms with Crippen molar-refractivity contribution >= 4 is 29.1 Å². The van der Waals surface area contributed by atoms with E-state index in [4.69, 9.17) is 0 Å². The molecule has 4 heterocycles. The topological polar surface area (TPSA) is 46.8 Å². The van der Waals surface area contributed by atoms with Crippen molar-refractivity contribution in [3.05, 3.63) is 122 Å². The average molecular weight is 666 g/mol. The summed E-state index contributed by atoms with van der Waals surface area (Å²) < 4.78 is 0. The second-order valence-electron chi connectivity index (χ2n) is 9.22. The van der Waals surface area contributed by atoms with E-state index in [2.05, 4.69) is 98.9 Å². The molecule has 180 valence electrons. The molecule has 0 bridgehead atoms. The molecule has 0 aliphatic carbocycles. The summed E-state index contributed by atoms with van der Waals surface area (Å²) in [5.74, 6) is 0. The van der Waals surface area contributed by atoms with Gasteiger partial charge in [0, 0.05) is 6.20 Å². The zero-order valence-electron chi connectivity index (χ0n) is 20.0. The first-order valence-electron chi connectivity index (χ1n) is 12.3. The van der Waals surface area contributed by atoms with Crippen LogP contribution in [0, 0.1) is 12.1 Å². The smallest absolute Gasteiger partial charge is 0.413 e. The van der Waals surface area contributed by atoms with Gasteiger partial charge in [0.15, 0.2) is 0 Å². The molecule has 0 N–H and O–H groups in total. The average Bonchev–Trinajstić information content (AvgIpc) is 3.52. The molecule has 0 saturated heterocycles. The van der Waals surface area contributed by atoms with E-state index < -0.39 is 0 Å². The van der Waals surface area contributed by atoms with Crippen LogP contribution in [0.5, 0.6) is 0 Å². The van der Waals surface area contributed by atoms with E-state index in [9.17, 15) is 0 Å². The minimum atomic E-state index is -0.0142. The van der Waals surface area contributed by atoms with Crippen molar-refractivity contribution in [1.29, 1.82) is 0 Å². The van der Waals surface area contributed by atoms with E-state index in [0.717, 1.165) is 39.4 Å². The maximum Gasteiger partial charge on any atom is 2.00 e. The van der Waals surface area contributed by atoms with Crippen LogP contribution >= 0.6 is 0 Å². The van der Waals surface area contributed by atoms with Crippen LogP contribution in [-0.2, 0) is 21.1 Å². The van der Waals surface area contributed by atoms with Gasteiger partial charge in [-0.3, -0.25) is 0 Å². The molecule has 0 fully saturated rings. The van der Waals surface area contributed by atoms with E-state index >= 15 is 0 Å². The number of hydrogen-bond acceptors (Lipinski definition) is 4. The van der Waals surface area contributed by atoms with Gasteiger partial charge in [-0.05, 0) is 17.4 Å². The predicted molar refractivity (Wildman–Crippen MR) is 147 cm³/mol. The standard InChI is InChI=1S/C31H18BN5.Pt/c1-3-9-27-23(7-1)25-14-12-21(29-11-5-6-16-33-29)19-30(25)36-31-20-22(37-34-17-18-35-37)13-15-26(31)24-8-2-4-10-28(24)32(27)36;/h1-18H;/q-2;+2. The maximum atomic E-state index is 4.60. The summed E-state index contributed by atoms with van der Waals surface area (Å²) in [6.07, 6.45) is 5.19. The van der Waals surface area contributed by atoms with Crippen LogP contribution in [0.2, 0.25) is 0 Å². The van der Waals surface area contributed by atoms with E-state index in [-0.39, 0.29) is 27.9 Å². The van der Waals surface area contributed by atoms with E-state index in [0.29, 0.717) is 0 Å². The minimum Gasteiger partial charge on any atom is -0.413 e. The molecule has 8 rings (SSSR count). The Labute approximate surface area is 235 Å². The summed E-state index contributed by atoms with van der Waals surface area (Å²) >= 11 is 0. The van der Waals surface area contributed by atoms with Gasteiger partial charge in [-0.25, -0.2) is 0 Å². The molecule has 5 nitrogen and oxygen atoms in total. The van der Waals surface area contributed by atoms with Gasteiger partial charge in [-0.15, -0.1) is 41.5 Å². The third kappa shape index (κ3) is 3.34. The summed E-state index contributed by atoms with van der Waals surface area (Å²) in [4.78, 5) is 8.59. The van der Waals surface area contributed by atoms with Gasteiger partial charge in [0.2, 0.25) is 0 Å². The zero-order chi connectivity index (χ0) is 24.3. The van der Waals surface area contributed by atoms with Crippen LogP contribution < -0.4 is 15.7 Å². The van der Waals surface area contributed by atoms with Crippen LogP contribution in [0.1, 0.15) is 0 Å². The van der Waals surface area contributed by atoms with Gasteiger partial charge < -0.3 is 9.79 Å². The first-order chi connectivity index (χ1) is 18.4. The molecule has 38 heavy (non-hydrogen) atoms. The van der Waals surface area contributed by atoms with E-state index in [1.54, 1.807) is 17.2 Å². The molecule has 0 atom stereocenters. The Kier molecular flexibility index (Phi) is 5.38. The maximum absolute atomic E-state index is 4.60. The molecule has 0 radical (unpaired) electrons. The quantitative estimate of drug-likeness (QED) is 0.196. The van der Waals surface area contributed by atoms with E-state index in [1.165, 1.54) is 22.1 Å². The monoisotopic (exact) mass is 666 g/mol. The molecule has 6 aromatic rings. The van der Waals surface area contributed by atoms with Crippen molar-refractivity contribution in [3.63, 3.8) is 0 Å². The molecule has 7 heteroatoms. The SMILES string of the molecule is [Pt+2].[c-]1c(-c2ccccn2)ccc2c1N1B(c3ccccc3-2)c2ccccc2-c2ccc(-n3nccn3)[c-]c21. The number of aromatic nitrogens is 4. The van der Waals surface area contributed by atoms with Crippen molar-refractivity contribution in [2.75, 3.05) is 4.81 Å². The molecular formula is C31H18BN5Pt. The van der Waals surface area contributed by atoms with Gasteiger partial charge in [-0.1, -0.05) is 99.7 Å². The summed E-state index contributed by atoms with van der Waals surface area (Å²) in [7, 11) is 0. The van der Waals surface area contributed by atoms with Crippen LogP contribution in [0.15, 0.2) is 110 Å². The molecule has 4 aromatic carbocycles. The molecule has 2 aliphatic rings. The summed E-state index contributed by atoms with van der Waals surface area (Å²) in [6, 6.07) is 39.3. The van der Waals surface area contributed by atoms with Gasteiger partial charge >= 0.3 is 27.9 Å². The number of pyridine rings is 1. The first kappa shape index (κ1) is 22.9. The summed E-state index contributed by atoms with van der Waals surface area (Å²) in [6.45, 7) is -0.0142. The fourth-order valence-electron chi connectivity index (χ4n) is 5.67. The Morgan fingerprint density at radius 1 is 0.579 bits per heavy atom. The molecular weight excluding hydrogens is 648 g/mol. The van der Waals surface area contributed by atoms with Crippen molar-refractivity contribution < 1.29 is 21.1 Å². The number of benzene rings is 4. The van der Waals surface area contributed by atoms with Crippen molar-refractivity contribution in [1.82, 2.24) is 20.0 Å². The Balaban J connectivity index is 0.00000242. The second kappa shape index (κ2) is 8.93. The predicted octanol–water partition coefficient (Wildman–Crippen LogP) is 4.83. The third-order valence-corrected chi connectivity index (χ3v) is 7.24. The fraction of sp³-hybridized carbons (Fsp3) is 0. The first-order valence-corrected chi connectivity index (χ1v) is 12.3. The Bertz CT molecular complexity index is 1800. The van der Waals surface area contributed by atoms with Crippen LogP contribution in [-0.4, -0.2) is 26.8 Å². The fourth-order valence-corrected chi connectivity index (χ4v) is 5.67. The van der Waals surface area contributed by atoms with E-state index in [1.807, 2.05) is 30.5 Å². The third-order valence-electron chi connectivity index (χ3n) is 7.24. The Hall–Kier alpha value is -4.28. The Morgan fingerprint density at radius 3 is 1.89 bits per heavy atom. The minimum absolute atomic E-state index is 0. The molecule has 0 saturated carbocycles. The summed E-state index contributed by atoms with van der Waals surface area (Å²) in [5, 5.41) is 8.72. The number of hydrogen-bond donors (Lipinski definition) is 0. The van der Waals surface area contributed by atoms with Crippen molar-refractivity contribution in [2.45, 2.75) is 0 Å². The van der Waals surface area contributed by atoms with Gasteiger partial charge in [0.05, 0.1) is 12.4 Å². The Morgan fingerprint density at radius 2 is 1.21 bits per heavy atom. The molecule has 0 unspecified atom stereocenters. The number of rotatable bonds is 2. The molecule has 0 spiro atoms. The van der Waals surface area contributed by atoms with Gasteiger partial charge in [0.1, 0.15) is 0 Å². The van der Waals surface area contributed by atoms with Crippen LogP contribution in [0.4, 0.5) is 11.4 Å². The number of nitrogens with zero attached hydrogens (tertiary/aromatic N) is 5. The zero-order valence-corrected chi connectivity index (χ0v) is 22.3. The normalized spacial score (nSPS) is 12.4. The number of anilines is 2. The molecule has 2 aromatic heterocycles. The van der Waals surface area contributed by atoms with Crippen molar-refractivity contribution in [3.8, 4) is 39.2 Å². The van der Waals surface area contributed by atoms with Gasteiger partial charge in [-0.2, -0.15) is 21.1 Å². The van der Waals surface area contributed by atoms with Crippen molar-refractivity contribution in [2.24, 2.45) is 0 Å². The molecule has 0 amide bonds. The van der Waals surface area contributed by atoms with Crippen LogP contribution in [0.3, 0.4) is 0 Å². The second-order valence-corrected chi connectivity index (χ2v) is 9.22. The molecule has 2 aliphatic heterocycles.